The average Bonchev–Trinajstić information content (AvgIpc) is 2.48. The Morgan fingerprint density at radius 2 is 1.90 bits per heavy atom. The van der Waals surface area contributed by atoms with E-state index in [-0.39, 0.29) is 16.9 Å². The molecule has 3 heteroatoms. The van der Waals surface area contributed by atoms with Gasteiger partial charge < -0.3 is 5.32 Å². The Balaban J connectivity index is 2.28. The van der Waals surface area contributed by atoms with Crippen LogP contribution in [0, 0.1) is 12.7 Å². The maximum atomic E-state index is 13.6. The molecule has 0 heterocycles. The lowest BCUT2D eigenvalue weighted by Crippen LogP contribution is -2.25. The maximum Gasteiger partial charge on any atom is 0.142 e. The quantitative estimate of drug-likeness (QED) is 0.785. The van der Waals surface area contributed by atoms with Gasteiger partial charge in [0.15, 0.2) is 0 Å². The fraction of sp³-hybridized carbons (Fsp3) is 0.333. The third kappa shape index (κ3) is 4.05. The summed E-state index contributed by atoms with van der Waals surface area (Å²) >= 11 is 6.10. The van der Waals surface area contributed by atoms with Gasteiger partial charge in [-0.1, -0.05) is 54.9 Å². The third-order valence-electron chi connectivity index (χ3n) is 3.66. The summed E-state index contributed by atoms with van der Waals surface area (Å²) in [5, 5.41) is 3.77. The lowest BCUT2D eigenvalue weighted by molar-refractivity contribution is 0.525. The highest BCUT2D eigenvalue weighted by Crippen LogP contribution is 2.27. The van der Waals surface area contributed by atoms with Crippen LogP contribution in [0.2, 0.25) is 5.02 Å². The Morgan fingerprint density at radius 3 is 2.62 bits per heavy atom. The van der Waals surface area contributed by atoms with E-state index in [4.69, 9.17) is 11.6 Å². The lowest BCUT2D eigenvalue weighted by Gasteiger charge is -2.21. The van der Waals surface area contributed by atoms with Crippen LogP contribution in [0.15, 0.2) is 42.5 Å². The molecule has 1 atom stereocenters. The van der Waals surface area contributed by atoms with Crippen molar-refractivity contribution in [3.05, 3.63) is 70.0 Å². The molecule has 2 rings (SSSR count). The number of nitrogens with one attached hydrogen (secondary N) is 1. The molecule has 0 aliphatic heterocycles. The van der Waals surface area contributed by atoms with E-state index in [0.29, 0.717) is 6.42 Å². The van der Waals surface area contributed by atoms with Crippen LogP contribution in [0.1, 0.15) is 36.1 Å². The second kappa shape index (κ2) is 7.58. The van der Waals surface area contributed by atoms with E-state index < -0.39 is 0 Å². The Labute approximate surface area is 131 Å². The molecule has 0 aliphatic rings. The van der Waals surface area contributed by atoms with Crippen molar-refractivity contribution in [1.29, 1.82) is 0 Å². The molecule has 1 N–H and O–H groups in total. The van der Waals surface area contributed by atoms with Crippen LogP contribution in [0.5, 0.6) is 0 Å². The monoisotopic (exact) mass is 305 g/mol. The molecule has 0 aromatic heterocycles. The fourth-order valence-electron chi connectivity index (χ4n) is 2.51. The smallest absolute Gasteiger partial charge is 0.142 e. The predicted octanol–water partition coefficient (Wildman–Crippen LogP) is 5.07. The molecule has 0 fully saturated rings. The second-order valence-corrected chi connectivity index (χ2v) is 5.66. The molecule has 0 radical (unpaired) electrons. The van der Waals surface area contributed by atoms with Crippen molar-refractivity contribution in [2.24, 2.45) is 0 Å². The molecule has 1 nitrogen and oxygen atoms in total. The summed E-state index contributed by atoms with van der Waals surface area (Å²) in [7, 11) is 0. The molecule has 2 aromatic rings. The van der Waals surface area contributed by atoms with E-state index in [9.17, 15) is 4.39 Å². The minimum absolute atomic E-state index is 0.144. The van der Waals surface area contributed by atoms with Crippen molar-refractivity contribution in [1.82, 2.24) is 5.32 Å². The summed E-state index contributed by atoms with van der Waals surface area (Å²) in [6.45, 7) is 5.16. The topological polar surface area (TPSA) is 12.0 Å². The molecule has 21 heavy (non-hydrogen) atoms. The minimum atomic E-state index is -0.354. The van der Waals surface area contributed by atoms with Gasteiger partial charge in [-0.25, -0.2) is 4.39 Å². The molecule has 0 bridgehead atoms. The first-order chi connectivity index (χ1) is 10.1. The van der Waals surface area contributed by atoms with Gasteiger partial charge in [0, 0.05) is 6.04 Å². The summed E-state index contributed by atoms with van der Waals surface area (Å²) in [6.07, 6.45) is 1.74. The van der Waals surface area contributed by atoms with Crippen molar-refractivity contribution in [3.63, 3.8) is 0 Å². The van der Waals surface area contributed by atoms with Gasteiger partial charge in [-0.15, -0.1) is 0 Å². The first kappa shape index (κ1) is 16.0. The number of hydrogen-bond acceptors (Lipinski definition) is 1. The lowest BCUT2D eigenvalue weighted by atomic mass is 9.95. The average molecular weight is 306 g/mol. The number of aryl methyl sites for hydroxylation is 1. The summed E-state index contributed by atoms with van der Waals surface area (Å²) < 4.78 is 13.6. The number of hydrogen-bond donors (Lipinski definition) is 1. The zero-order valence-corrected chi connectivity index (χ0v) is 13.3. The van der Waals surface area contributed by atoms with E-state index in [2.05, 4.69) is 31.3 Å². The SMILES string of the molecule is CCCNC(Cc1cccc(F)c1Cl)c1ccccc1C. The minimum Gasteiger partial charge on any atom is -0.310 e. The Kier molecular flexibility index (Phi) is 5.77. The van der Waals surface area contributed by atoms with Crippen LogP contribution in [-0.4, -0.2) is 6.54 Å². The number of benzene rings is 2. The molecular formula is C18H21ClFN. The van der Waals surface area contributed by atoms with E-state index in [1.165, 1.54) is 17.2 Å². The molecule has 0 aliphatic carbocycles. The second-order valence-electron chi connectivity index (χ2n) is 5.28. The normalized spacial score (nSPS) is 12.4. The Hall–Kier alpha value is -1.38. The molecule has 0 amide bonds. The number of halogens is 2. The zero-order chi connectivity index (χ0) is 15.2. The van der Waals surface area contributed by atoms with E-state index in [1.54, 1.807) is 6.07 Å². The van der Waals surface area contributed by atoms with E-state index in [1.807, 2.05) is 18.2 Å². The van der Waals surface area contributed by atoms with Gasteiger partial charge in [-0.3, -0.25) is 0 Å². The summed E-state index contributed by atoms with van der Waals surface area (Å²) in [5.41, 5.74) is 3.32. The van der Waals surface area contributed by atoms with E-state index in [0.717, 1.165) is 18.5 Å². The van der Waals surface area contributed by atoms with E-state index >= 15 is 0 Å². The first-order valence-corrected chi connectivity index (χ1v) is 7.73. The first-order valence-electron chi connectivity index (χ1n) is 7.35. The molecule has 2 aromatic carbocycles. The van der Waals surface area contributed by atoms with Gasteiger partial charge in [0.05, 0.1) is 5.02 Å². The van der Waals surface area contributed by atoms with Crippen LogP contribution in [0.4, 0.5) is 4.39 Å². The molecule has 0 saturated carbocycles. The van der Waals surface area contributed by atoms with Crippen LogP contribution < -0.4 is 5.32 Å². The highest BCUT2D eigenvalue weighted by molar-refractivity contribution is 6.31. The maximum absolute atomic E-state index is 13.6. The van der Waals surface area contributed by atoms with Gasteiger partial charge >= 0.3 is 0 Å². The van der Waals surface area contributed by atoms with Crippen molar-refractivity contribution in [2.45, 2.75) is 32.7 Å². The Bertz CT molecular complexity index is 598. The zero-order valence-electron chi connectivity index (χ0n) is 12.5. The van der Waals surface area contributed by atoms with Crippen LogP contribution in [0.3, 0.4) is 0 Å². The van der Waals surface area contributed by atoms with Crippen molar-refractivity contribution in [3.8, 4) is 0 Å². The fourth-order valence-corrected chi connectivity index (χ4v) is 2.72. The molecule has 1 unspecified atom stereocenters. The molecular weight excluding hydrogens is 285 g/mol. The Morgan fingerprint density at radius 1 is 1.14 bits per heavy atom. The molecule has 0 spiro atoms. The largest absolute Gasteiger partial charge is 0.310 e. The van der Waals surface area contributed by atoms with Gasteiger partial charge in [0.25, 0.3) is 0 Å². The van der Waals surface area contributed by atoms with Gasteiger partial charge in [0.1, 0.15) is 5.82 Å². The number of rotatable bonds is 6. The van der Waals surface area contributed by atoms with Gasteiger partial charge in [-0.2, -0.15) is 0 Å². The van der Waals surface area contributed by atoms with Gasteiger partial charge in [0.2, 0.25) is 0 Å². The standard InChI is InChI=1S/C18H21ClFN/c1-3-11-21-17(15-9-5-4-7-13(15)2)12-14-8-6-10-16(20)18(14)19/h4-10,17,21H,3,11-12H2,1-2H3. The summed E-state index contributed by atoms with van der Waals surface area (Å²) in [4.78, 5) is 0. The molecule has 0 saturated heterocycles. The van der Waals surface area contributed by atoms with Crippen molar-refractivity contribution >= 4 is 11.6 Å². The van der Waals surface area contributed by atoms with Crippen molar-refractivity contribution < 1.29 is 4.39 Å². The molecule has 112 valence electrons. The highest BCUT2D eigenvalue weighted by Gasteiger charge is 2.16. The summed E-state index contributed by atoms with van der Waals surface area (Å²) in [5.74, 6) is -0.354. The summed E-state index contributed by atoms with van der Waals surface area (Å²) in [6, 6.07) is 13.4. The third-order valence-corrected chi connectivity index (χ3v) is 4.08. The van der Waals surface area contributed by atoms with Crippen LogP contribution in [-0.2, 0) is 6.42 Å². The van der Waals surface area contributed by atoms with Crippen molar-refractivity contribution in [2.75, 3.05) is 6.54 Å². The highest BCUT2D eigenvalue weighted by atomic mass is 35.5. The van der Waals surface area contributed by atoms with Crippen LogP contribution in [0.25, 0.3) is 0 Å². The van der Waals surface area contributed by atoms with Crippen LogP contribution >= 0.6 is 11.6 Å². The predicted molar refractivity (Wildman–Crippen MR) is 87.3 cm³/mol. The van der Waals surface area contributed by atoms with Gasteiger partial charge in [-0.05, 0) is 49.1 Å².